The lowest BCUT2D eigenvalue weighted by Gasteiger charge is -2.10. The van der Waals surface area contributed by atoms with Crippen LogP contribution in [0.2, 0.25) is 0 Å². The molecule has 29 heavy (non-hydrogen) atoms. The van der Waals surface area contributed by atoms with Crippen LogP contribution in [0.5, 0.6) is 5.75 Å². The molecule has 0 spiro atoms. The van der Waals surface area contributed by atoms with Gasteiger partial charge in [0.1, 0.15) is 11.9 Å². The van der Waals surface area contributed by atoms with E-state index in [1.54, 1.807) is 19.9 Å². The second-order valence-corrected chi connectivity index (χ2v) is 6.99. The number of amides is 3. The second kappa shape index (κ2) is 7.08. The predicted molar refractivity (Wildman–Crippen MR) is 104 cm³/mol. The minimum absolute atomic E-state index is 0.243. The highest BCUT2D eigenvalue weighted by atomic mass is 19.1. The number of aryl methyl sites for hydroxylation is 1. The van der Waals surface area contributed by atoms with E-state index in [-0.39, 0.29) is 11.8 Å². The summed E-state index contributed by atoms with van der Waals surface area (Å²) in [4.78, 5) is 39.1. The molecular weight excluding hydrogens is 379 g/mol. The summed E-state index contributed by atoms with van der Waals surface area (Å²) in [5, 5.41) is 7.86. The maximum absolute atomic E-state index is 13.6. The van der Waals surface area contributed by atoms with Crippen molar-refractivity contribution in [2.75, 3.05) is 11.9 Å². The Balaban J connectivity index is 1.59. The largest absolute Gasteiger partial charge is 0.413 e. The normalized spacial score (nSPS) is 19.1. The van der Waals surface area contributed by atoms with Gasteiger partial charge in [-0.25, -0.2) is 9.18 Å². The number of hydrogen-bond donors (Lipinski definition) is 4. The molecule has 8 nitrogen and oxygen atoms in total. The number of hydrogen-bond acceptors (Lipinski definition) is 4. The van der Waals surface area contributed by atoms with Crippen LogP contribution in [0, 0.1) is 19.7 Å². The Labute approximate surface area is 165 Å². The summed E-state index contributed by atoms with van der Waals surface area (Å²) >= 11 is 0. The Kier molecular flexibility index (Phi) is 4.57. The van der Waals surface area contributed by atoms with E-state index in [4.69, 9.17) is 4.74 Å². The molecule has 1 aromatic carbocycles. The Morgan fingerprint density at radius 2 is 2.10 bits per heavy atom. The van der Waals surface area contributed by atoms with Gasteiger partial charge in [-0.05, 0) is 44.5 Å². The first-order valence-corrected chi connectivity index (χ1v) is 9.11. The van der Waals surface area contributed by atoms with Gasteiger partial charge in [-0.3, -0.25) is 9.59 Å². The summed E-state index contributed by atoms with van der Waals surface area (Å²) in [6.45, 7) is 3.97. The third kappa shape index (κ3) is 3.46. The molecule has 0 radical (unpaired) electrons. The molecule has 0 aliphatic carbocycles. The van der Waals surface area contributed by atoms with Gasteiger partial charge in [0.05, 0.1) is 11.3 Å². The van der Waals surface area contributed by atoms with E-state index in [0.717, 1.165) is 0 Å². The number of ether oxygens (including phenoxy) is 1. The molecular formula is C20H19FN4O4. The van der Waals surface area contributed by atoms with Crippen molar-refractivity contribution in [3.05, 3.63) is 46.5 Å². The number of fused-ring (bicyclic) bond motifs is 1. The van der Waals surface area contributed by atoms with Crippen molar-refractivity contribution >= 4 is 35.2 Å². The van der Waals surface area contributed by atoms with Crippen LogP contribution in [0.4, 0.5) is 14.9 Å². The van der Waals surface area contributed by atoms with Crippen LogP contribution in [0.1, 0.15) is 28.9 Å². The number of aromatic nitrogens is 1. The van der Waals surface area contributed by atoms with E-state index in [2.05, 4.69) is 20.9 Å². The summed E-state index contributed by atoms with van der Waals surface area (Å²) in [5.41, 5.74) is 3.06. The first kappa shape index (κ1) is 18.7. The van der Waals surface area contributed by atoms with Crippen LogP contribution in [0.25, 0.3) is 11.6 Å². The monoisotopic (exact) mass is 398 g/mol. The van der Waals surface area contributed by atoms with Crippen molar-refractivity contribution in [2.24, 2.45) is 0 Å². The average Bonchev–Trinajstić information content (AvgIpc) is 3.28. The first-order chi connectivity index (χ1) is 13.8. The van der Waals surface area contributed by atoms with Gasteiger partial charge < -0.3 is 25.7 Å². The molecule has 2 aromatic rings. The molecule has 1 atom stereocenters. The van der Waals surface area contributed by atoms with Crippen LogP contribution >= 0.6 is 0 Å². The van der Waals surface area contributed by atoms with Crippen LogP contribution in [0.15, 0.2) is 18.2 Å². The highest BCUT2D eigenvalue weighted by Gasteiger charge is 2.28. The summed E-state index contributed by atoms with van der Waals surface area (Å²) < 4.78 is 19.0. The predicted octanol–water partition coefficient (Wildman–Crippen LogP) is 2.24. The number of rotatable bonds is 3. The molecule has 2 aliphatic rings. The fourth-order valence-corrected chi connectivity index (χ4v) is 3.50. The van der Waals surface area contributed by atoms with E-state index in [1.807, 2.05) is 0 Å². The summed E-state index contributed by atoms with van der Waals surface area (Å²) in [6, 6.07) is 3.47. The third-order valence-electron chi connectivity index (χ3n) is 5.00. The number of aromatic amines is 1. The van der Waals surface area contributed by atoms with Crippen LogP contribution in [-0.2, 0) is 9.59 Å². The average molecular weight is 398 g/mol. The molecule has 3 amide bonds. The minimum Gasteiger partial charge on any atom is -0.408 e. The van der Waals surface area contributed by atoms with Crippen molar-refractivity contribution in [1.29, 1.82) is 0 Å². The van der Waals surface area contributed by atoms with E-state index < -0.39 is 18.0 Å². The van der Waals surface area contributed by atoms with Crippen LogP contribution < -0.4 is 20.7 Å². The summed E-state index contributed by atoms with van der Waals surface area (Å²) in [6.07, 6.45) is 1.36. The molecule has 150 valence electrons. The van der Waals surface area contributed by atoms with Crippen molar-refractivity contribution in [3.63, 3.8) is 0 Å². The maximum Gasteiger partial charge on any atom is 0.413 e. The lowest BCUT2D eigenvalue weighted by atomic mass is 10.0. The third-order valence-corrected chi connectivity index (χ3v) is 5.00. The van der Waals surface area contributed by atoms with Gasteiger partial charge in [-0.2, -0.15) is 0 Å². The maximum atomic E-state index is 13.6. The van der Waals surface area contributed by atoms with Gasteiger partial charge in [0.15, 0.2) is 5.75 Å². The zero-order valence-corrected chi connectivity index (χ0v) is 15.8. The first-order valence-electron chi connectivity index (χ1n) is 9.11. The summed E-state index contributed by atoms with van der Waals surface area (Å²) in [5.74, 6) is -0.717. The fraction of sp³-hybridized carbons (Fsp3) is 0.250. The topological polar surface area (TPSA) is 112 Å². The number of carbonyl (C=O) groups is 3. The smallest absolute Gasteiger partial charge is 0.408 e. The molecule has 0 bridgehead atoms. The molecule has 1 aromatic heterocycles. The van der Waals surface area contributed by atoms with Gasteiger partial charge in [0.25, 0.3) is 5.91 Å². The number of nitrogens with one attached hydrogen (secondary N) is 4. The van der Waals surface area contributed by atoms with E-state index in [0.29, 0.717) is 52.5 Å². The Bertz CT molecular complexity index is 1070. The highest BCUT2D eigenvalue weighted by Crippen LogP contribution is 2.35. The molecule has 0 unspecified atom stereocenters. The summed E-state index contributed by atoms with van der Waals surface area (Å²) in [7, 11) is 0. The number of carbonyl (C=O) groups excluding carboxylic acids is 3. The number of H-pyrrole nitrogens is 1. The van der Waals surface area contributed by atoms with E-state index >= 15 is 0 Å². The van der Waals surface area contributed by atoms with Gasteiger partial charge in [0, 0.05) is 29.1 Å². The molecule has 0 saturated carbocycles. The van der Waals surface area contributed by atoms with Gasteiger partial charge in [-0.1, -0.05) is 0 Å². The van der Waals surface area contributed by atoms with Crippen molar-refractivity contribution in [3.8, 4) is 5.75 Å². The highest BCUT2D eigenvalue weighted by molar-refractivity contribution is 6.34. The zero-order valence-electron chi connectivity index (χ0n) is 15.8. The van der Waals surface area contributed by atoms with Crippen molar-refractivity contribution in [1.82, 2.24) is 15.6 Å². The molecule has 1 saturated heterocycles. The van der Waals surface area contributed by atoms with E-state index in [9.17, 15) is 18.8 Å². The van der Waals surface area contributed by atoms with Crippen molar-refractivity contribution < 1.29 is 23.5 Å². The van der Waals surface area contributed by atoms with Crippen LogP contribution in [0.3, 0.4) is 0 Å². The van der Waals surface area contributed by atoms with Gasteiger partial charge >= 0.3 is 6.09 Å². The number of halogens is 1. The molecule has 4 N–H and O–H groups in total. The van der Waals surface area contributed by atoms with E-state index in [1.165, 1.54) is 18.2 Å². The molecule has 3 heterocycles. The quantitative estimate of drug-likeness (QED) is 0.594. The Morgan fingerprint density at radius 3 is 2.83 bits per heavy atom. The van der Waals surface area contributed by atoms with Gasteiger partial charge in [-0.15, -0.1) is 0 Å². The number of anilines is 1. The number of benzene rings is 1. The standard InChI is InChI=1S/C20H19FN4O4/c1-9-16(8-13-12-7-11(21)3-4-14(12)24-18(13)26)23-10(2)17(9)29-20(28)25-15-5-6-22-19(15)27/h3-4,7-8,15,23H,5-6H2,1-2H3,(H,22,27)(H,24,26)(H,25,28)/b13-8-/t15-/m0/s1. The molecule has 2 aliphatic heterocycles. The van der Waals surface area contributed by atoms with Crippen LogP contribution in [-0.4, -0.2) is 35.5 Å². The second-order valence-electron chi connectivity index (χ2n) is 6.99. The molecule has 9 heteroatoms. The van der Waals surface area contributed by atoms with Crippen molar-refractivity contribution in [2.45, 2.75) is 26.3 Å². The minimum atomic E-state index is -0.734. The SMILES string of the molecule is Cc1[nH]c(/C=C2\C(=O)Nc3ccc(F)cc32)c(C)c1OC(=O)N[C@H]1CCNC1=O. The lowest BCUT2D eigenvalue weighted by Crippen LogP contribution is -2.41. The Morgan fingerprint density at radius 1 is 1.31 bits per heavy atom. The molecule has 4 rings (SSSR count). The van der Waals surface area contributed by atoms with Gasteiger partial charge in [0.2, 0.25) is 5.91 Å². The lowest BCUT2D eigenvalue weighted by molar-refractivity contribution is -0.120. The fourth-order valence-electron chi connectivity index (χ4n) is 3.50. The Hall–Kier alpha value is -3.62. The zero-order chi connectivity index (χ0) is 20.7. The molecule has 1 fully saturated rings.